The van der Waals surface area contributed by atoms with Crippen molar-refractivity contribution in [1.29, 1.82) is 0 Å². The van der Waals surface area contributed by atoms with Crippen molar-refractivity contribution in [2.75, 3.05) is 40.0 Å². The third-order valence-electron chi connectivity index (χ3n) is 5.56. The largest absolute Gasteiger partial charge is 0.439 e. The number of rotatable bonds is 15. The Morgan fingerprint density at radius 2 is 1.91 bits per heavy atom. The molecule has 3 rings (SSSR count). The van der Waals surface area contributed by atoms with E-state index in [9.17, 15) is 9.50 Å². The van der Waals surface area contributed by atoms with Crippen LogP contribution in [0.4, 0.5) is 4.39 Å². The van der Waals surface area contributed by atoms with Crippen molar-refractivity contribution >= 4 is 0 Å². The topological polar surface area (TPSA) is 69.0 Å². The second-order valence-electron chi connectivity index (χ2n) is 8.49. The molecule has 35 heavy (non-hydrogen) atoms. The number of aliphatic hydroxyl groups is 1. The van der Waals surface area contributed by atoms with Crippen LogP contribution in [-0.2, 0) is 23.1 Å². The van der Waals surface area contributed by atoms with E-state index in [1.54, 1.807) is 31.0 Å². The molecular weight excluding hydrogens is 449 g/mol. The highest BCUT2D eigenvalue weighted by atomic mass is 19.1. The Kier molecular flexibility index (Phi) is 10.7. The van der Waals surface area contributed by atoms with Crippen molar-refractivity contribution in [2.24, 2.45) is 7.05 Å². The number of aromatic nitrogens is 2. The molecule has 2 aromatic carbocycles. The molecule has 1 aromatic heterocycles. The first-order valence-electron chi connectivity index (χ1n) is 12.0. The molecular formula is C27H36FN3O4. The summed E-state index contributed by atoms with van der Waals surface area (Å²) < 4.78 is 32.6. The second-order valence-corrected chi connectivity index (χ2v) is 8.49. The van der Waals surface area contributed by atoms with Crippen molar-refractivity contribution in [3.05, 3.63) is 66.0 Å². The molecule has 7 nitrogen and oxygen atoms in total. The fraction of sp³-hybridized carbons (Fsp3) is 0.444. The van der Waals surface area contributed by atoms with Crippen LogP contribution in [0.3, 0.4) is 0 Å². The van der Waals surface area contributed by atoms with Crippen molar-refractivity contribution in [2.45, 2.75) is 32.4 Å². The lowest BCUT2D eigenvalue weighted by Crippen LogP contribution is -2.36. The first kappa shape index (κ1) is 26.8. The molecule has 0 spiro atoms. The van der Waals surface area contributed by atoms with Gasteiger partial charge >= 0.3 is 0 Å². The molecule has 190 valence electrons. The van der Waals surface area contributed by atoms with E-state index >= 15 is 0 Å². The third-order valence-corrected chi connectivity index (χ3v) is 5.56. The van der Waals surface area contributed by atoms with Crippen LogP contribution in [-0.4, -0.2) is 65.9 Å². The SMILES string of the molecule is CCCCOCC(O)CN(CCOC)Cc1c(-c2ccccc2)nn(C)c1Oc1cccc(F)c1. The van der Waals surface area contributed by atoms with Crippen LogP contribution in [0.5, 0.6) is 11.6 Å². The number of halogens is 1. The Balaban J connectivity index is 1.89. The van der Waals surface area contributed by atoms with Gasteiger partial charge < -0.3 is 19.3 Å². The lowest BCUT2D eigenvalue weighted by molar-refractivity contribution is 0.0101. The van der Waals surface area contributed by atoms with E-state index in [0.717, 1.165) is 29.7 Å². The van der Waals surface area contributed by atoms with Gasteiger partial charge in [0.2, 0.25) is 5.88 Å². The molecule has 0 fully saturated rings. The highest BCUT2D eigenvalue weighted by molar-refractivity contribution is 5.65. The molecule has 3 aromatic rings. The summed E-state index contributed by atoms with van der Waals surface area (Å²) in [5.74, 6) is 0.537. The number of hydrogen-bond donors (Lipinski definition) is 1. The van der Waals surface area contributed by atoms with Crippen LogP contribution in [0.1, 0.15) is 25.3 Å². The van der Waals surface area contributed by atoms with Gasteiger partial charge in [-0.3, -0.25) is 4.90 Å². The first-order valence-corrected chi connectivity index (χ1v) is 12.0. The normalized spacial score (nSPS) is 12.3. The minimum Gasteiger partial charge on any atom is -0.439 e. The number of aryl methyl sites for hydroxylation is 1. The van der Waals surface area contributed by atoms with Crippen LogP contribution in [0.2, 0.25) is 0 Å². The Hall–Kier alpha value is -2.78. The van der Waals surface area contributed by atoms with E-state index in [1.165, 1.54) is 12.1 Å². The van der Waals surface area contributed by atoms with Gasteiger partial charge in [0.15, 0.2) is 0 Å². The number of aliphatic hydroxyl groups excluding tert-OH is 1. The summed E-state index contributed by atoms with van der Waals surface area (Å²) in [5.41, 5.74) is 2.57. The molecule has 0 saturated heterocycles. The predicted molar refractivity (Wildman–Crippen MR) is 134 cm³/mol. The monoisotopic (exact) mass is 485 g/mol. The molecule has 8 heteroatoms. The number of unbranched alkanes of at least 4 members (excludes halogenated alkanes) is 1. The molecule has 0 aliphatic rings. The number of ether oxygens (including phenoxy) is 3. The van der Waals surface area contributed by atoms with E-state index < -0.39 is 6.10 Å². The standard InChI is InChI=1S/C27H36FN3O4/c1-4-5-15-34-20-23(32)18-31(14-16-33-3)19-25-26(21-10-7-6-8-11-21)29-30(2)27(25)35-24-13-9-12-22(28)17-24/h6-13,17,23,32H,4-5,14-16,18-20H2,1-3H3. The second kappa shape index (κ2) is 13.9. The molecule has 0 aliphatic carbocycles. The molecule has 0 bridgehead atoms. The van der Waals surface area contributed by atoms with Gasteiger partial charge in [0, 0.05) is 52.0 Å². The molecule has 0 radical (unpaired) electrons. The summed E-state index contributed by atoms with van der Waals surface area (Å²) in [6.45, 7) is 4.98. The Labute approximate surface area is 207 Å². The van der Waals surface area contributed by atoms with Crippen LogP contribution < -0.4 is 4.74 Å². The molecule has 1 unspecified atom stereocenters. The fourth-order valence-electron chi connectivity index (χ4n) is 3.79. The Bertz CT molecular complexity index is 1030. The van der Waals surface area contributed by atoms with Gasteiger partial charge in [-0.05, 0) is 18.6 Å². The van der Waals surface area contributed by atoms with E-state index in [1.807, 2.05) is 30.3 Å². The number of methoxy groups -OCH3 is 1. The van der Waals surface area contributed by atoms with E-state index in [2.05, 4.69) is 11.8 Å². The molecule has 0 amide bonds. The molecule has 1 atom stereocenters. The summed E-state index contributed by atoms with van der Waals surface area (Å²) in [6.07, 6.45) is 1.37. The highest BCUT2D eigenvalue weighted by Gasteiger charge is 2.23. The van der Waals surface area contributed by atoms with E-state index in [0.29, 0.717) is 44.5 Å². The summed E-state index contributed by atoms with van der Waals surface area (Å²) >= 11 is 0. The zero-order valence-corrected chi connectivity index (χ0v) is 20.8. The number of hydrogen-bond acceptors (Lipinski definition) is 6. The van der Waals surface area contributed by atoms with E-state index in [-0.39, 0.29) is 12.4 Å². The van der Waals surface area contributed by atoms with Gasteiger partial charge in [0.1, 0.15) is 17.3 Å². The van der Waals surface area contributed by atoms with Gasteiger partial charge in [0.05, 0.1) is 24.9 Å². The van der Waals surface area contributed by atoms with Crippen molar-refractivity contribution in [1.82, 2.24) is 14.7 Å². The number of nitrogens with zero attached hydrogens (tertiary/aromatic N) is 3. The Morgan fingerprint density at radius 1 is 1.11 bits per heavy atom. The Morgan fingerprint density at radius 3 is 2.63 bits per heavy atom. The minimum atomic E-state index is -0.645. The zero-order chi connectivity index (χ0) is 25.0. The fourth-order valence-corrected chi connectivity index (χ4v) is 3.79. The predicted octanol–water partition coefficient (Wildman–Crippen LogP) is 4.64. The van der Waals surface area contributed by atoms with Gasteiger partial charge in [0.25, 0.3) is 0 Å². The summed E-state index contributed by atoms with van der Waals surface area (Å²) in [6, 6.07) is 15.9. The summed E-state index contributed by atoms with van der Waals surface area (Å²) in [4.78, 5) is 2.10. The lowest BCUT2D eigenvalue weighted by Gasteiger charge is -2.25. The van der Waals surface area contributed by atoms with Crippen molar-refractivity contribution in [3.8, 4) is 22.9 Å². The molecule has 1 N–H and O–H groups in total. The van der Waals surface area contributed by atoms with Crippen LogP contribution in [0.25, 0.3) is 11.3 Å². The third kappa shape index (κ3) is 8.14. The quantitative estimate of drug-likeness (QED) is 0.316. The highest BCUT2D eigenvalue weighted by Crippen LogP contribution is 2.34. The lowest BCUT2D eigenvalue weighted by atomic mass is 10.1. The smallest absolute Gasteiger partial charge is 0.222 e. The average Bonchev–Trinajstić information content (AvgIpc) is 3.15. The van der Waals surface area contributed by atoms with Gasteiger partial charge in [-0.1, -0.05) is 49.7 Å². The van der Waals surface area contributed by atoms with Gasteiger partial charge in [-0.15, -0.1) is 0 Å². The maximum absolute atomic E-state index is 13.8. The van der Waals surface area contributed by atoms with Crippen LogP contribution in [0.15, 0.2) is 54.6 Å². The average molecular weight is 486 g/mol. The molecule has 0 aliphatic heterocycles. The van der Waals surface area contributed by atoms with Crippen molar-refractivity contribution < 1.29 is 23.7 Å². The van der Waals surface area contributed by atoms with E-state index in [4.69, 9.17) is 19.3 Å². The number of benzene rings is 2. The van der Waals surface area contributed by atoms with Crippen molar-refractivity contribution in [3.63, 3.8) is 0 Å². The maximum Gasteiger partial charge on any atom is 0.222 e. The summed E-state index contributed by atoms with van der Waals surface area (Å²) in [5, 5.41) is 15.4. The maximum atomic E-state index is 13.8. The minimum absolute atomic E-state index is 0.273. The zero-order valence-electron chi connectivity index (χ0n) is 20.8. The summed E-state index contributed by atoms with van der Waals surface area (Å²) in [7, 11) is 3.46. The van der Waals surface area contributed by atoms with Gasteiger partial charge in [-0.2, -0.15) is 5.10 Å². The first-order chi connectivity index (χ1) is 17.0. The van der Waals surface area contributed by atoms with Crippen LogP contribution in [0, 0.1) is 5.82 Å². The molecule has 0 saturated carbocycles. The van der Waals surface area contributed by atoms with Crippen LogP contribution >= 0.6 is 0 Å². The van der Waals surface area contributed by atoms with Gasteiger partial charge in [-0.25, -0.2) is 9.07 Å². The molecule has 1 heterocycles.